The highest BCUT2D eigenvalue weighted by Gasteiger charge is 2.04. The summed E-state index contributed by atoms with van der Waals surface area (Å²) in [7, 11) is 0. The van der Waals surface area contributed by atoms with Crippen molar-refractivity contribution in [3.63, 3.8) is 0 Å². The minimum Gasteiger partial charge on any atom is -0.484 e. The van der Waals surface area contributed by atoms with Gasteiger partial charge in [0.05, 0.1) is 12.0 Å². The SMILES string of the molecule is O=C(COc1ccc(/C=N\NC(=O)CSc2ccc(Cl)cc2)cc1)NCCc1ccccc1. The molecule has 0 saturated carbocycles. The van der Waals surface area contributed by atoms with E-state index in [1.54, 1.807) is 42.6 Å². The Morgan fingerprint density at radius 2 is 1.67 bits per heavy atom. The summed E-state index contributed by atoms with van der Waals surface area (Å²) >= 11 is 7.25. The molecule has 0 saturated heterocycles. The number of hydrogen-bond acceptors (Lipinski definition) is 5. The lowest BCUT2D eigenvalue weighted by Crippen LogP contribution is -2.30. The van der Waals surface area contributed by atoms with Crippen molar-refractivity contribution in [3.05, 3.63) is 95.0 Å². The number of rotatable bonds is 11. The van der Waals surface area contributed by atoms with Crippen LogP contribution in [0, 0.1) is 0 Å². The normalized spacial score (nSPS) is 10.7. The zero-order valence-electron chi connectivity index (χ0n) is 17.9. The van der Waals surface area contributed by atoms with E-state index in [9.17, 15) is 9.59 Å². The van der Waals surface area contributed by atoms with Crippen LogP contribution in [0.2, 0.25) is 5.02 Å². The lowest BCUT2D eigenvalue weighted by Gasteiger charge is -2.08. The second-order valence-corrected chi connectivity index (χ2v) is 8.46. The van der Waals surface area contributed by atoms with Crippen LogP contribution in [0.3, 0.4) is 0 Å². The van der Waals surface area contributed by atoms with Gasteiger partial charge in [0.1, 0.15) is 5.75 Å². The first kappa shape index (κ1) is 24.4. The van der Waals surface area contributed by atoms with E-state index in [4.69, 9.17) is 16.3 Å². The summed E-state index contributed by atoms with van der Waals surface area (Å²) in [6, 6.07) is 24.3. The monoisotopic (exact) mass is 481 g/mol. The zero-order valence-corrected chi connectivity index (χ0v) is 19.4. The number of hydrazone groups is 1. The highest BCUT2D eigenvalue weighted by Crippen LogP contribution is 2.19. The molecule has 0 fully saturated rings. The number of benzene rings is 3. The van der Waals surface area contributed by atoms with E-state index in [0.717, 1.165) is 16.9 Å². The maximum Gasteiger partial charge on any atom is 0.257 e. The first-order valence-electron chi connectivity index (χ1n) is 10.3. The molecule has 33 heavy (non-hydrogen) atoms. The Labute approximate surface area is 202 Å². The molecule has 0 heterocycles. The number of hydrogen-bond donors (Lipinski definition) is 2. The number of halogens is 1. The molecule has 0 atom stereocenters. The molecule has 2 amide bonds. The molecule has 8 heteroatoms. The third kappa shape index (κ3) is 9.39. The zero-order chi connectivity index (χ0) is 23.3. The van der Waals surface area contributed by atoms with E-state index in [1.165, 1.54) is 17.3 Å². The maximum absolute atomic E-state index is 11.9. The lowest BCUT2D eigenvalue weighted by atomic mass is 10.1. The summed E-state index contributed by atoms with van der Waals surface area (Å²) in [4.78, 5) is 24.8. The number of amides is 2. The summed E-state index contributed by atoms with van der Waals surface area (Å²) < 4.78 is 5.51. The molecule has 0 aliphatic rings. The van der Waals surface area contributed by atoms with Crippen molar-refractivity contribution in [2.75, 3.05) is 18.9 Å². The number of carbonyl (C=O) groups is 2. The molecule has 0 aliphatic carbocycles. The van der Waals surface area contributed by atoms with Crippen LogP contribution in [0.25, 0.3) is 0 Å². The van der Waals surface area contributed by atoms with Crippen LogP contribution in [0.5, 0.6) is 5.75 Å². The van der Waals surface area contributed by atoms with Crippen molar-refractivity contribution >= 4 is 41.4 Å². The molecule has 0 unspecified atom stereocenters. The Hall–Kier alpha value is -3.29. The van der Waals surface area contributed by atoms with Crippen LogP contribution < -0.4 is 15.5 Å². The quantitative estimate of drug-likeness (QED) is 0.243. The van der Waals surface area contributed by atoms with Gasteiger partial charge in [0.15, 0.2) is 6.61 Å². The molecule has 3 aromatic carbocycles. The highest BCUT2D eigenvalue weighted by atomic mass is 35.5. The Morgan fingerprint density at radius 3 is 2.39 bits per heavy atom. The van der Waals surface area contributed by atoms with Gasteiger partial charge in [0.2, 0.25) is 5.91 Å². The van der Waals surface area contributed by atoms with Gasteiger partial charge in [-0.3, -0.25) is 9.59 Å². The summed E-state index contributed by atoms with van der Waals surface area (Å²) in [5.74, 6) is 0.452. The Bertz CT molecular complexity index is 1060. The van der Waals surface area contributed by atoms with Crippen molar-refractivity contribution in [2.45, 2.75) is 11.3 Å². The minimum atomic E-state index is -0.204. The third-order valence-corrected chi connectivity index (χ3v) is 5.68. The average Bonchev–Trinajstić information content (AvgIpc) is 2.84. The molecule has 0 radical (unpaired) electrons. The number of nitrogens with zero attached hydrogens (tertiary/aromatic N) is 1. The number of nitrogens with one attached hydrogen (secondary N) is 2. The van der Waals surface area contributed by atoms with Gasteiger partial charge in [-0.05, 0) is 66.1 Å². The van der Waals surface area contributed by atoms with E-state index >= 15 is 0 Å². The summed E-state index contributed by atoms with van der Waals surface area (Å²) in [6.45, 7) is 0.509. The molecular formula is C25H24ClN3O3S. The molecule has 0 spiro atoms. The molecule has 3 rings (SSSR count). The fourth-order valence-electron chi connectivity index (χ4n) is 2.73. The first-order chi connectivity index (χ1) is 16.1. The Kier molecular flexibility index (Phi) is 9.82. The molecular weight excluding hydrogens is 458 g/mol. The summed E-state index contributed by atoms with van der Waals surface area (Å²) in [5.41, 5.74) is 4.46. The van der Waals surface area contributed by atoms with E-state index in [1.807, 2.05) is 42.5 Å². The third-order valence-electron chi connectivity index (χ3n) is 4.42. The Balaban J connectivity index is 1.32. The molecule has 3 aromatic rings. The van der Waals surface area contributed by atoms with Gasteiger partial charge in [-0.1, -0.05) is 41.9 Å². The van der Waals surface area contributed by atoms with Crippen molar-refractivity contribution in [3.8, 4) is 5.75 Å². The molecule has 170 valence electrons. The second-order valence-electron chi connectivity index (χ2n) is 6.98. The maximum atomic E-state index is 11.9. The molecule has 6 nitrogen and oxygen atoms in total. The minimum absolute atomic E-state index is 0.0520. The van der Waals surface area contributed by atoms with Crippen LogP contribution in [0.1, 0.15) is 11.1 Å². The van der Waals surface area contributed by atoms with Gasteiger partial charge < -0.3 is 10.1 Å². The highest BCUT2D eigenvalue weighted by molar-refractivity contribution is 8.00. The van der Waals surface area contributed by atoms with Crippen molar-refractivity contribution < 1.29 is 14.3 Å². The van der Waals surface area contributed by atoms with Gasteiger partial charge in [0, 0.05) is 16.5 Å². The number of thioether (sulfide) groups is 1. The van der Waals surface area contributed by atoms with Crippen molar-refractivity contribution in [2.24, 2.45) is 5.10 Å². The number of ether oxygens (including phenoxy) is 1. The Morgan fingerprint density at radius 1 is 0.939 bits per heavy atom. The first-order valence-corrected chi connectivity index (χ1v) is 11.7. The predicted octanol–water partition coefficient (Wildman–Crippen LogP) is 4.32. The van der Waals surface area contributed by atoms with Gasteiger partial charge >= 0.3 is 0 Å². The topological polar surface area (TPSA) is 79.8 Å². The van der Waals surface area contributed by atoms with Crippen LogP contribution in [-0.2, 0) is 16.0 Å². The smallest absolute Gasteiger partial charge is 0.257 e. The van der Waals surface area contributed by atoms with Crippen LogP contribution >= 0.6 is 23.4 Å². The van der Waals surface area contributed by atoms with Gasteiger partial charge in [0.25, 0.3) is 5.91 Å². The van der Waals surface area contributed by atoms with Gasteiger partial charge in [-0.2, -0.15) is 5.10 Å². The van der Waals surface area contributed by atoms with E-state index in [0.29, 0.717) is 17.3 Å². The van der Waals surface area contributed by atoms with Crippen LogP contribution in [0.15, 0.2) is 88.9 Å². The van der Waals surface area contributed by atoms with E-state index in [-0.39, 0.29) is 24.2 Å². The molecule has 0 aliphatic heterocycles. The second kappa shape index (κ2) is 13.3. The standard InChI is InChI=1S/C25H24ClN3O3S/c26-21-8-12-23(13-9-21)33-18-25(31)29-28-16-20-6-10-22(11-7-20)32-17-24(30)27-15-14-19-4-2-1-3-5-19/h1-13,16H,14-15,17-18H2,(H,27,30)(H,29,31)/b28-16-. The summed E-state index contributed by atoms with van der Waals surface area (Å²) in [5, 5.41) is 7.47. The van der Waals surface area contributed by atoms with Crippen molar-refractivity contribution in [1.29, 1.82) is 0 Å². The average molecular weight is 482 g/mol. The van der Waals surface area contributed by atoms with E-state index < -0.39 is 0 Å². The lowest BCUT2D eigenvalue weighted by molar-refractivity contribution is -0.123. The van der Waals surface area contributed by atoms with Crippen molar-refractivity contribution in [1.82, 2.24) is 10.7 Å². The number of carbonyl (C=O) groups excluding carboxylic acids is 2. The fraction of sp³-hybridized carbons (Fsp3) is 0.160. The predicted molar refractivity (Wildman–Crippen MR) is 133 cm³/mol. The van der Waals surface area contributed by atoms with Gasteiger partial charge in [-0.25, -0.2) is 5.43 Å². The van der Waals surface area contributed by atoms with E-state index in [2.05, 4.69) is 15.8 Å². The molecule has 0 bridgehead atoms. The molecule has 2 N–H and O–H groups in total. The van der Waals surface area contributed by atoms with Crippen LogP contribution in [0.4, 0.5) is 0 Å². The molecule has 0 aromatic heterocycles. The van der Waals surface area contributed by atoms with Crippen LogP contribution in [-0.4, -0.2) is 36.9 Å². The fourth-order valence-corrected chi connectivity index (χ4v) is 3.55. The van der Waals surface area contributed by atoms with Gasteiger partial charge in [-0.15, -0.1) is 11.8 Å². The largest absolute Gasteiger partial charge is 0.484 e. The summed E-state index contributed by atoms with van der Waals surface area (Å²) in [6.07, 6.45) is 2.32.